The Hall–Kier alpha value is -1.55. The lowest BCUT2D eigenvalue weighted by Crippen LogP contribution is -2.16. The second-order valence-electron chi connectivity index (χ2n) is 6.36. The van der Waals surface area contributed by atoms with Crippen molar-refractivity contribution in [2.24, 2.45) is 5.41 Å². The van der Waals surface area contributed by atoms with Gasteiger partial charge in [-0.15, -0.1) is 0 Å². The van der Waals surface area contributed by atoms with Gasteiger partial charge in [-0.25, -0.2) is 4.39 Å². The van der Waals surface area contributed by atoms with Crippen molar-refractivity contribution in [3.63, 3.8) is 0 Å². The van der Waals surface area contributed by atoms with Gasteiger partial charge in [0.25, 0.3) is 0 Å². The van der Waals surface area contributed by atoms with E-state index in [-0.39, 0.29) is 23.0 Å². The van der Waals surface area contributed by atoms with Crippen molar-refractivity contribution < 1.29 is 8.91 Å². The minimum absolute atomic E-state index is 0.143. The molecule has 1 aliphatic carbocycles. The molecule has 1 unspecified atom stereocenters. The minimum Gasteiger partial charge on any atom is -0.367 e. The Morgan fingerprint density at radius 3 is 2.81 bits per heavy atom. The molecule has 1 saturated carbocycles. The van der Waals surface area contributed by atoms with Gasteiger partial charge in [-0.3, -0.25) is 0 Å². The molecule has 1 aromatic carbocycles. The first-order chi connectivity index (χ1) is 9.90. The summed E-state index contributed by atoms with van der Waals surface area (Å²) in [6, 6.07) is 4.29. The lowest BCUT2D eigenvalue weighted by atomic mass is 9.78. The topological polar surface area (TPSA) is 52.0 Å². The summed E-state index contributed by atoms with van der Waals surface area (Å²) >= 11 is 6.18. The number of nitrogens with zero attached hydrogens (tertiary/aromatic N) is 1. The molecule has 5 heteroatoms. The van der Waals surface area contributed by atoms with Gasteiger partial charge in [0.2, 0.25) is 5.88 Å². The third-order valence-corrected chi connectivity index (χ3v) is 4.85. The van der Waals surface area contributed by atoms with E-state index in [1.807, 2.05) is 0 Å². The molecule has 0 spiro atoms. The summed E-state index contributed by atoms with van der Waals surface area (Å²) in [5.74, 6) is 0.136. The van der Waals surface area contributed by atoms with Crippen LogP contribution in [0.3, 0.4) is 0 Å². The van der Waals surface area contributed by atoms with Crippen LogP contribution in [0.25, 0.3) is 11.1 Å². The largest absolute Gasteiger partial charge is 0.367 e. The van der Waals surface area contributed by atoms with E-state index in [4.69, 9.17) is 21.9 Å². The van der Waals surface area contributed by atoms with Crippen molar-refractivity contribution >= 4 is 17.5 Å². The SMILES string of the molecule is CC1(C)CCCC1c1noc(N)c1-c1ccc(F)cc1Cl. The van der Waals surface area contributed by atoms with E-state index in [9.17, 15) is 4.39 Å². The summed E-state index contributed by atoms with van der Waals surface area (Å²) < 4.78 is 18.5. The molecule has 1 atom stereocenters. The highest BCUT2D eigenvalue weighted by molar-refractivity contribution is 6.33. The molecule has 2 aromatic rings. The van der Waals surface area contributed by atoms with Crippen LogP contribution < -0.4 is 5.73 Å². The molecule has 3 nitrogen and oxygen atoms in total. The second-order valence-corrected chi connectivity index (χ2v) is 6.77. The molecular weight excluding hydrogens is 291 g/mol. The molecule has 2 N–H and O–H groups in total. The normalized spacial score (nSPS) is 20.9. The fourth-order valence-electron chi connectivity index (χ4n) is 3.35. The number of nitrogens with two attached hydrogens (primary N) is 1. The number of benzene rings is 1. The molecule has 1 aliphatic rings. The maximum atomic E-state index is 13.3. The third kappa shape index (κ3) is 2.42. The zero-order valence-electron chi connectivity index (χ0n) is 12.1. The minimum atomic E-state index is -0.374. The molecule has 0 bridgehead atoms. The predicted molar refractivity (Wildman–Crippen MR) is 81.7 cm³/mol. The Labute approximate surface area is 128 Å². The molecule has 0 saturated heterocycles. The molecule has 0 aliphatic heterocycles. The van der Waals surface area contributed by atoms with Gasteiger partial charge >= 0.3 is 0 Å². The Morgan fingerprint density at radius 2 is 2.19 bits per heavy atom. The number of rotatable bonds is 2. The third-order valence-electron chi connectivity index (χ3n) is 4.53. The lowest BCUT2D eigenvalue weighted by Gasteiger charge is -2.26. The summed E-state index contributed by atoms with van der Waals surface area (Å²) in [6.45, 7) is 4.46. The molecule has 1 fully saturated rings. The summed E-state index contributed by atoms with van der Waals surface area (Å²) in [7, 11) is 0. The van der Waals surface area contributed by atoms with Crippen molar-refractivity contribution in [1.82, 2.24) is 5.16 Å². The van der Waals surface area contributed by atoms with Gasteiger partial charge in [-0.1, -0.05) is 37.0 Å². The fraction of sp³-hybridized carbons (Fsp3) is 0.438. The molecule has 21 heavy (non-hydrogen) atoms. The molecular formula is C16H18ClFN2O. The average Bonchev–Trinajstić information content (AvgIpc) is 2.92. The van der Waals surface area contributed by atoms with Gasteiger partial charge in [0.15, 0.2) is 0 Å². The van der Waals surface area contributed by atoms with Gasteiger partial charge in [0, 0.05) is 11.5 Å². The zero-order valence-corrected chi connectivity index (χ0v) is 12.9. The van der Waals surface area contributed by atoms with E-state index in [1.165, 1.54) is 12.1 Å². The quantitative estimate of drug-likeness (QED) is 0.848. The smallest absolute Gasteiger partial charge is 0.230 e. The van der Waals surface area contributed by atoms with E-state index < -0.39 is 0 Å². The number of hydrogen-bond acceptors (Lipinski definition) is 3. The van der Waals surface area contributed by atoms with E-state index in [0.717, 1.165) is 25.0 Å². The number of anilines is 1. The molecule has 0 amide bonds. The summed E-state index contributed by atoms with van der Waals surface area (Å²) in [5.41, 5.74) is 8.32. The zero-order chi connectivity index (χ0) is 15.2. The fourth-order valence-corrected chi connectivity index (χ4v) is 3.61. The lowest BCUT2D eigenvalue weighted by molar-refractivity contribution is 0.314. The first-order valence-electron chi connectivity index (χ1n) is 7.10. The van der Waals surface area contributed by atoms with Crippen LogP contribution in [-0.2, 0) is 0 Å². The van der Waals surface area contributed by atoms with Crippen LogP contribution in [0.15, 0.2) is 22.7 Å². The standard InChI is InChI=1S/C16H18ClFN2O/c1-16(2)7-3-4-11(16)14-13(15(19)21-20-14)10-6-5-9(18)8-12(10)17/h5-6,8,11H,3-4,7,19H2,1-2H3. The van der Waals surface area contributed by atoms with Crippen molar-refractivity contribution in [3.05, 3.63) is 34.7 Å². The predicted octanol–water partition coefficient (Wildman–Crippen LogP) is 5.01. The van der Waals surface area contributed by atoms with Crippen LogP contribution in [0.5, 0.6) is 0 Å². The Kier molecular flexibility index (Phi) is 3.44. The van der Waals surface area contributed by atoms with E-state index in [2.05, 4.69) is 19.0 Å². The first kappa shape index (κ1) is 14.4. The highest BCUT2D eigenvalue weighted by Crippen LogP contribution is 2.52. The average molecular weight is 309 g/mol. The van der Waals surface area contributed by atoms with Gasteiger partial charge in [0.05, 0.1) is 16.3 Å². The summed E-state index contributed by atoms with van der Waals surface area (Å²) in [5, 5.41) is 4.50. The van der Waals surface area contributed by atoms with E-state index in [1.54, 1.807) is 6.07 Å². The molecule has 1 aromatic heterocycles. The summed E-state index contributed by atoms with van der Waals surface area (Å²) in [4.78, 5) is 0. The summed E-state index contributed by atoms with van der Waals surface area (Å²) in [6.07, 6.45) is 3.34. The Bertz CT molecular complexity index is 681. The van der Waals surface area contributed by atoms with Crippen LogP contribution in [0.4, 0.5) is 10.3 Å². The molecule has 1 heterocycles. The van der Waals surface area contributed by atoms with Gasteiger partial charge in [-0.2, -0.15) is 0 Å². The number of halogens is 2. The Balaban J connectivity index is 2.13. The highest BCUT2D eigenvalue weighted by atomic mass is 35.5. The van der Waals surface area contributed by atoms with Crippen molar-refractivity contribution in [2.45, 2.75) is 39.0 Å². The number of hydrogen-bond donors (Lipinski definition) is 1. The molecule has 0 radical (unpaired) electrons. The van der Waals surface area contributed by atoms with Crippen LogP contribution >= 0.6 is 11.6 Å². The maximum Gasteiger partial charge on any atom is 0.230 e. The van der Waals surface area contributed by atoms with Crippen LogP contribution in [0, 0.1) is 11.2 Å². The number of nitrogen functional groups attached to an aromatic ring is 1. The monoisotopic (exact) mass is 308 g/mol. The Morgan fingerprint density at radius 1 is 1.43 bits per heavy atom. The van der Waals surface area contributed by atoms with Crippen molar-refractivity contribution in [3.8, 4) is 11.1 Å². The van der Waals surface area contributed by atoms with Crippen molar-refractivity contribution in [1.29, 1.82) is 0 Å². The molecule has 3 rings (SSSR count). The number of aromatic nitrogens is 1. The van der Waals surface area contributed by atoms with Crippen LogP contribution in [-0.4, -0.2) is 5.16 Å². The highest BCUT2D eigenvalue weighted by Gasteiger charge is 2.39. The maximum absolute atomic E-state index is 13.3. The van der Waals surface area contributed by atoms with Crippen molar-refractivity contribution in [2.75, 3.05) is 5.73 Å². The van der Waals surface area contributed by atoms with Crippen LogP contribution in [0.2, 0.25) is 5.02 Å². The molecule has 112 valence electrons. The van der Waals surface area contributed by atoms with E-state index >= 15 is 0 Å². The second kappa shape index (κ2) is 5.02. The van der Waals surface area contributed by atoms with Gasteiger partial charge in [0.1, 0.15) is 5.82 Å². The van der Waals surface area contributed by atoms with Gasteiger partial charge in [-0.05, 0) is 36.5 Å². The first-order valence-corrected chi connectivity index (χ1v) is 7.48. The van der Waals surface area contributed by atoms with Gasteiger partial charge < -0.3 is 10.3 Å². The van der Waals surface area contributed by atoms with Crippen LogP contribution in [0.1, 0.15) is 44.7 Å². The van der Waals surface area contributed by atoms with E-state index in [0.29, 0.717) is 16.1 Å².